The van der Waals surface area contributed by atoms with Gasteiger partial charge in [0.15, 0.2) is 11.6 Å². The Morgan fingerprint density at radius 2 is 1.94 bits per heavy atom. The molecule has 2 N–H and O–H groups in total. The van der Waals surface area contributed by atoms with Crippen LogP contribution >= 0.6 is 0 Å². The second-order valence-electron chi connectivity index (χ2n) is 2.86. The molecule has 0 saturated heterocycles. The zero-order valence-electron chi connectivity index (χ0n) is 8.06. The Labute approximate surface area is 91.2 Å². The van der Waals surface area contributed by atoms with E-state index in [-0.39, 0.29) is 6.07 Å². The molecule has 0 aliphatic heterocycles. The van der Waals surface area contributed by atoms with E-state index in [4.69, 9.17) is 5.73 Å². The van der Waals surface area contributed by atoms with Crippen molar-refractivity contribution in [3.63, 3.8) is 0 Å². The molecule has 1 aromatic rings. The number of hydrogen-bond donors (Lipinski definition) is 1. The second kappa shape index (κ2) is 4.78. The molecular formula is C8H6F6N2O. The Kier molecular flexibility index (Phi) is 3.81. The van der Waals surface area contributed by atoms with Gasteiger partial charge in [-0.15, -0.1) is 13.2 Å². The molecule has 0 aliphatic carbocycles. The second-order valence-corrected chi connectivity index (χ2v) is 2.86. The van der Waals surface area contributed by atoms with Crippen LogP contribution < -0.4 is 10.5 Å². The molecule has 1 aromatic heterocycles. The molecule has 0 aromatic carbocycles. The Morgan fingerprint density at radius 1 is 1.35 bits per heavy atom. The number of rotatable bonds is 3. The van der Waals surface area contributed by atoms with Gasteiger partial charge in [0.2, 0.25) is 0 Å². The minimum Gasteiger partial charge on any atom is -0.403 e. The summed E-state index contributed by atoms with van der Waals surface area (Å²) in [6, 6.07) is 0.187. The number of pyridine rings is 1. The van der Waals surface area contributed by atoms with Gasteiger partial charge in [-0.1, -0.05) is 0 Å². The molecule has 0 aliphatic rings. The summed E-state index contributed by atoms with van der Waals surface area (Å²) in [4.78, 5) is 3.08. The molecule has 0 saturated carbocycles. The predicted octanol–water partition coefficient (Wildman–Crippen LogP) is 2.52. The number of hydrogen-bond acceptors (Lipinski definition) is 3. The fourth-order valence-electron chi connectivity index (χ4n) is 1.02. The molecule has 9 heteroatoms. The summed E-state index contributed by atoms with van der Waals surface area (Å²) in [5, 5.41) is 0. The lowest BCUT2D eigenvalue weighted by Crippen LogP contribution is -2.19. The Bertz CT molecular complexity index is 406. The summed E-state index contributed by atoms with van der Waals surface area (Å²) in [7, 11) is 0. The first-order chi connectivity index (χ1) is 7.74. The lowest BCUT2D eigenvalue weighted by atomic mass is 10.2. The van der Waals surface area contributed by atoms with E-state index in [1.165, 1.54) is 0 Å². The third-order valence-electron chi connectivity index (χ3n) is 1.66. The summed E-state index contributed by atoms with van der Waals surface area (Å²) < 4.78 is 76.6. The molecule has 0 amide bonds. The average Bonchev–Trinajstić information content (AvgIpc) is 2.18. The van der Waals surface area contributed by atoms with E-state index in [0.29, 0.717) is 0 Å². The molecule has 0 atom stereocenters. The molecule has 0 unspecified atom stereocenters. The van der Waals surface area contributed by atoms with Crippen LogP contribution in [0, 0.1) is 5.82 Å². The zero-order chi connectivity index (χ0) is 13.2. The summed E-state index contributed by atoms with van der Waals surface area (Å²) >= 11 is 0. The monoisotopic (exact) mass is 260 g/mol. The van der Waals surface area contributed by atoms with Gasteiger partial charge in [-0.2, -0.15) is 0 Å². The first kappa shape index (κ1) is 13.6. The van der Waals surface area contributed by atoms with Crippen molar-refractivity contribution in [1.82, 2.24) is 4.98 Å². The van der Waals surface area contributed by atoms with E-state index < -0.39 is 42.3 Å². The van der Waals surface area contributed by atoms with Gasteiger partial charge in [0.25, 0.3) is 6.43 Å². The topological polar surface area (TPSA) is 48.1 Å². The maximum absolute atomic E-state index is 13.2. The molecule has 17 heavy (non-hydrogen) atoms. The van der Waals surface area contributed by atoms with Gasteiger partial charge in [0, 0.05) is 12.6 Å². The van der Waals surface area contributed by atoms with Gasteiger partial charge in [-0.25, -0.2) is 18.2 Å². The van der Waals surface area contributed by atoms with Crippen LogP contribution in [0.25, 0.3) is 0 Å². The molecule has 0 radical (unpaired) electrons. The van der Waals surface area contributed by atoms with E-state index in [1.807, 2.05) is 0 Å². The van der Waals surface area contributed by atoms with E-state index in [9.17, 15) is 26.3 Å². The molecular weight excluding hydrogens is 254 g/mol. The van der Waals surface area contributed by atoms with Crippen molar-refractivity contribution >= 4 is 0 Å². The molecule has 0 spiro atoms. The highest BCUT2D eigenvalue weighted by Gasteiger charge is 2.33. The largest absolute Gasteiger partial charge is 0.573 e. The first-order valence-electron chi connectivity index (χ1n) is 4.18. The lowest BCUT2D eigenvalue weighted by Gasteiger charge is -2.12. The normalized spacial score (nSPS) is 12.0. The van der Waals surface area contributed by atoms with Crippen LogP contribution in [0.5, 0.6) is 5.75 Å². The van der Waals surface area contributed by atoms with Crippen LogP contribution in [0.15, 0.2) is 6.07 Å². The molecule has 1 rings (SSSR count). The van der Waals surface area contributed by atoms with Crippen molar-refractivity contribution in [3.05, 3.63) is 23.3 Å². The van der Waals surface area contributed by atoms with Crippen molar-refractivity contribution < 1.29 is 31.1 Å². The molecule has 0 fully saturated rings. The third-order valence-corrected chi connectivity index (χ3v) is 1.66. The summed E-state index contributed by atoms with van der Waals surface area (Å²) in [6.07, 6.45) is -8.34. The van der Waals surface area contributed by atoms with Gasteiger partial charge in [-0.3, -0.25) is 0 Å². The van der Waals surface area contributed by atoms with Crippen LogP contribution in [-0.4, -0.2) is 11.3 Å². The highest BCUT2D eigenvalue weighted by atomic mass is 19.4. The van der Waals surface area contributed by atoms with Crippen molar-refractivity contribution in [1.29, 1.82) is 0 Å². The highest BCUT2D eigenvalue weighted by molar-refractivity contribution is 5.30. The first-order valence-corrected chi connectivity index (χ1v) is 4.18. The van der Waals surface area contributed by atoms with E-state index in [2.05, 4.69) is 9.72 Å². The SMILES string of the molecule is NCc1nc(C(F)F)cc(OC(F)(F)F)c1F. The standard InChI is InChI=1S/C8H6F6N2O/c9-6-4(2-15)16-3(7(10)11)1-5(6)17-8(12,13)14/h1,7H,2,15H2. The van der Waals surface area contributed by atoms with Gasteiger partial charge in [0.1, 0.15) is 5.69 Å². The molecule has 3 nitrogen and oxygen atoms in total. The number of ether oxygens (including phenoxy) is 1. The van der Waals surface area contributed by atoms with Gasteiger partial charge >= 0.3 is 6.36 Å². The quantitative estimate of drug-likeness (QED) is 0.849. The summed E-state index contributed by atoms with van der Waals surface area (Å²) in [5.41, 5.74) is 3.21. The Hall–Kier alpha value is -1.51. The van der Waals surface area contributed by atoms with E-state index in [1.54, 1.807) is 0 Å². The van der Waals surface area contributed by atoms with E-state index in [0.717, 1.165) is 0 Å². The molecule has 1 heterocycles. The number of nitrogens with two attached hydrogens (primary N) is 1. The van der Waals surface area contributed by atoms with Crippen LogP contribution in [0.3, 0.4) is 0 Å². The van der Waals surface area contributed by atoms with Gasteiger partial charge < -0.3 is 10.5 Å². The summed E-state index contributed by atoms with van der Waals surface area (Å²) in [5.74, 6) is -2.88. The van der Waals surface area contributed by atoms with Crippen LogP contribution in [0.2, 0.25) is 0 Å². The number of nitrogens with zero attached hydrogens (tertiary/aromatic N) is 1. The van der Waals surface area contributed by atoms with Crippen molar-refractivity contribution in [2.75, 3.05) is 0 Å². The number of aromatic nitrogens is 1. The lowest BCUT2D eigenvalue weighted by molar-refractivity contribution is -0.275. The fraction of sp³-hybridized carbons (Fsp3) is 0.375. The fourth-order valence-corrected chi connectivity index (χ4v) is 1.02. The molecule has 96 valence electrons. The highest BCUT2D eigenvalue weighted by Crippen LogP contribution is 2.30. The minimum absolute atomic E-state index is 0.187. The van der Waals surface area contributed by atoms with Crippen molar-refractivity contribution in [3.8, 4) is 5.75 Å². The van der Waals surface area contributed by atoms with Crippen LogP contribution in [-0.2, 0) is 6.54 Å². The predicted molar refractivity (Wildman–Crippen MR) is 43.7 cm³/mol. The van der Waals surface area contributed by atoms with E-state index >= 15 is 0 Å². The molecule has 0 bridgehead atoms. The average molecular weight is 260 g/mol. The van der Waals surface area contributed by atoms with Gasteiger partial charge in [0.05, 0.1) is 5.69 Å². The Morgan fingerprint density at radius 3 is 2.35 bits per heavy atom. The minimum atomic E-state index is -5.19. The van der Waals surface area contributed by atoms with Crippen LogP contribution in [0.4, 0.5) is 26.3 Å². The van der Waals surface area contributed by atoms with Gasteiger partial charge in [-0.05, 0) is 0 Å². The number of halogens is 6. The maximum atomic E-state index is 13.2. The van der Waals surface area contributed by atoms with Crippen molar-refractivity contribution in [2.24, 2.45) is 5.73 Å². The Balaban J connectivity index is 3.23. The van der Waals surface area contributed by atoms with Crippen LogP contribution in [0.1, 0.15) is 17.8 Å². The maximum Gasteiger partial charge on any atom is 0.573 e. The zero-order valence-corrected chi connectivity index (χ0v) is 8.06. The number of alkyl halides is 5. The van der Waals surface area contributed by atoms with Crippen molar-refractivity contribution in [2.45, 2.75) is 19.3 Å². The third kappa shape index (κ3) is 3.48. The summed E-state index contributed by atoms with van der Waals surface area (Å²) in [6.45, 7) is -0.624. The smallest absolute Gasteiger partial charge is 0.403 e.